The molecule has 34 heavy (non-hydrogen) atoms. The van der Waals surface area contributed by atoms with E-state index in [1.807, 2.05) is 12.1 Å². The molecular formula is C29H34O5. The summed E-state index contributed by atoms with van der Waals surface area (Å²) in [6, 6.07) is 14.5. The molecule has 1 fully saturated rings. The van der Waals surface area contributed by atoms with Gasteiger partial charge in [0.2, 0.25) is 0 Å². The van der Waals surface area contributed by atoms with Crippen molar-refractivity contribution in [2.24, 2.45) is 17.3 Å². The van der Waals surface area contributed by atoms with Crippen molar-refractivity contribution in [2.45, 2.75) is 64.6 Å². The highest BCUT2D eigenvalue weighted by Crippen LogP contribution is 2.44. The number of Topliss-reactive ketones (excluding diaryl/α,β-unsaturated/α-hetero) is 1. The lowest BCUT2D eigenvalue weighted by molar-refractivity contribution is -0.137. The SMILES string of the molecule is CC1(C)C(=O)[C@H](CC#CCCCC(=O)O)[C@@H](/C=C/C(O)CCc2ccc3ccccc3c2)[C@@H]1O. The van der Waals surface area contributed by atoms with E-state index in [2.05, 4.69) is 42.2 Å². The molecule has 5 heteroatoms. The maximum absolute atomic E-state index is 12.9. The Kier molecular flexibility index (Phi) is 8.66. The first-order valence-electron chi connectivity index (χ1n) is 11.9. The summed E-state index contributed by atoms with van der Waals surface area (Å²) in [6.07, 6.45) is 4.54. The fraction of sp³-hybridized carbons (Fsp3) is 0.448. The van der Waals surface area contributed by atoms with Gasteiger partial charge in [-0.2, -0.15) is 0 Å². The van der Waals surface area contributed by atoms with Gasteiger partial charge in [-0.1, -0.05) is 68.5 Å². The van der Waals surface area contributed by atoms with E-state index in [4.69, 9.17) is 5.11 Å². The second kappa shape index (κ2) is 11.5. The van der Waals surface area contributed by atoms with Crippen LogP contribution in [0.1, 0.15) is 51.5 Å². The normalized spacial score (nSPS) is 22.6. The fourth-order valence-corrected chi connectivity index (χ4v) is 4.63. The molecule has 1 aliphatic carbocycles. The first kappa shape index (κ1) is 25.7. The highest BCUT2D eigenvalue weighted by Gasteiger charge is 2.53. The molecule has 1 saturated carbocycles. The van der Waals surface area contributed by atoms with Crippen LogP contribution in [0.2, 0.25) is 0 Å². The van der Waals surface area contributed by atoms with E-state index in [-0.39, 0.29) is 12.2 Å². The average molecular weight is 463 g/mol. The van der Waals surface area contributed by atoms with Crippen LogP contribution in [0.15, 0.2) is 54.6 Å². The third-order valence-electron chi connectivity index (χ3n) is 6.78. The lowest BCUT2D eigenvalue weighted by atomic mass is 9.86. The van der Waals surface area contributed by atoms with Gasteiger partial charge in [-0.3, -0.25) is 9.59 Å². The van der Waals surface area contributed by atoms with E-state index < -0.39 is 35.4 Å². The molecule has 2 aromatic rings. The summed E-state index contributed by atoms with van der Waals surface area (Å²) < 4.78 is 0. The quantitative estimate of drug-likeness (QED) is 0.289. The van der Waals surface area contributed by atoms with Gasteiger partial charge < -0.3 is 15.3 Å². The number of fused-ring (bicyclic) bond motifs is 1. The van der Waals surface area contributed by atoms with Crippen LogP contribution in [0.4, 0.5) is 0 Å². The second-order valence-corrected chi connectivity index (χ2v) is 9.69. The number of hydrogen-bond acceptors (Lipinski definition) is 4. The number of carboxylic acids is 1. The van der Waals surface area contributed by atoms with Gasteiger partial charge in [-0.05, 0) is 35.6 Å². The van der Waals surface area contributed by atoms with E-state index in [1.54, 1.807) is 26.0 Å². The summed E-state index contributed by atoms with van der Waals surface area (Å²) in [5.41, 5.74) is 0.278. The van der Waals surface area contributed by atoms with Crippen LogP contribution in [-0.4, -0.2) is 39.3 Å². The van der Waals surface area contributed by atoms with Crippen molar-refractivity contribution in [3.05, 3.63) is 60.2 Å². The minimum atomic E-state index is -0.874. The van der Waals surface area contributed by atoms with Crippen molar-refractivity contribution in [3.63, 3.8) is 0 Å². The van der Waals surface area contributed by atoms with Gasteiger partial charge >= 0.3 is 5.97 Å². The molecular weight excluding hydrogens is 428 g/mol. The molecule has 4 atom stereocenters. The predicted octanol–water partition coefficient (Wildman–Crippen LogP) is 4.54. The number of carboxylic acid groups (broad SMARTS) is 1. The van der Waals surface area contributed by atoms with Crippen LogP contribution < -0.4 is 0 Å². The average Bonchev–Trinajstić information content (AvgIpc) is 2.97. The van der Waals surface area contributed by atoms with Gasteiger partial charge in [0.1, 0.15) is 5.78 Å². The Morgan fingerprint density at radius 3 is 2.62 bits per heavy atom. The number of unbranched alkanes of at least 4 members (excludes halogenated alkanes) is 1. The van der Waals surface area contributed by atoms with Gasteiger partial charge in [0.15, 0.2) is 0 Å². The van der Waals surface area contributed by atoms with E-state index >= 15 is 0 Å². The third kappa shape index (κ3) is 6.34. The molecule has 1 aliphatic rings. The Bertz CT molecular complexity index is 1100. The van der Waals surface area contributed by atoms with E-state index in [1.165, 1.54) is 10.8 Å². The summed E-state index contributed by atoms with van der Waals surface area (Å²) >= 11 is 0. The Morgan fingerprint density at radius 1 is 1.15 bits per heavy atom. The van der Waals surface area contributed by atoms with Gasteiger partial charge in [0, 0.05) is 31.1 Å². The minimum absolute atomic E-state index is 0.0276. The number of carbonyl (C=O) groups is 2. The number of ketones is 1. The monoisotopic (exact) mass is 462 g/mol. The number of aryl methyl sites for hydroxylation is 1. The summed E-state index contributed by atoms with van der Waals surface area (Å²) in [5, 5.41) is 32.4. The van der Waals surface area contributed by atoms with Crippen molar-refractivity contribution in [1.82, 2.24) is 0 Å². The third-order valence-corrected chi connectivity index (χ3v) is 6.78. The van der Waals surface area contributed by atoms with Crippen LogP contribution in [0, 0.1) is 29.1 Å². The van der Waals surface area contributed by atoms with Crippen molar-refractivity contribution < 1.29 is 24.9 Å². The lowest BCUT2D eigenvalue weighted by Crippen LogP contribution is -2.31. The Hall–Kier alpha value is -2.94. The number of carbonyl (C=O) groups excluding carboxylic acids is 1. The zero-order chi connectivity index (χ0) is 24.7. The molecule has 3 rings (SSSR count). The molecule has 1 unspecified atom stereocenters. The summed E-state index contributed by atoms with van der Waals surface area (Å²) in [5.74, 6) is 4.22. The highest BCUT2D eigenvalue weighted by molar-refractivity contribution is 5.90. The van der Waals surface area contributed by atoms with Crippen molar-refractivity contribution >= 4 is 22.5 Å². The summed E-state index contributed by atoms with van der Waals surface area (Å²) in [7, 11) is 0. The molecule has 0 amide bonds. The summed E-state index contributed by atoms with van der Waals surface area (Å²) in [4.78, 5) is 23.5. The van der Waals surface area contributed by atoms with E-state index in [0.29, 0.717) is 25.7 Å². The van der Waals surface area contributed by atoms with Crippen LogP contribution >= 0.6 is 0 Å². The molecule has 3 N–H and O–H groups in total. The number of aliphatic carboxylic acids is 1. The number of benzene rings is 2. The maximum atomic E-state index is 12.9. The molecule has 0 aromatic heterocycles. The van der Waals surface area contributed by atoms with Crippen LogP contribution in [0.5, 0.6) is 0 Å². The van der Waals surface area contributed by atoms with Crippen LogP contribution in [0.25, 0.3) is 10.8 Å². The molecule has 0 saturated heterocycles. The first-order valence-corrected chi connectivity index (χ1v) is 11.9. The fourth-order valence-electron chi connectivity index (χ4n) is 4.63. The first-order chi connectivity index (χ1) is 16.2. The van der Waals surface area contributed by atoms with Crippen LogP contribution in [-0.2, 0) is 16.0 Å². The van der Waals surface area contributed by atoms with Gasteiger partial charge in [-0.25, -0.2) is 0 Å². The van der Waals surface area contributed by atoms with Crippen molar-refractivity contribution in [3.8, 4) is 11.8 Å². The van der Waals surface area contributed by atoms with Gasteiger partial charge in [-0.15, -0.1) is 11.8 Å². The molecule has 5 nitrogen and oxygen atoms in total. The largest absolute Gasteiger partial charge is 0.481 e. The Morgan fingerprint density at radius 2 is 1.88 bits per heavy atom. The molecule has 0 heterocycles. The zero-order valence-corrected chi connectivity index (χ0v) is 19.9. The van der Waals surface area contributed by atoms with Crippen molar-refractivity contribution in [2.75, 3.05) is 0 Å². The molecule has 0 bridgehead atoms. The van der Waals surface area contributed by atoms with Gasteiger partial charge in [0.25, 0.3) is 0 Å². The number of rotatable bonds is 9. The zero-order valence-electron chi connectivity index (χ0n) is 19.9. The van der Waals surface area contributed by atoms with E-state index in [9.17, 15) is 19.8 Å². The number of aliphatic hydroxyl groups is 2. The van der Waals surface area contributed by atoms with Crippen molar-refractivity contribution in [1.29, 1.82) is 0 Å². The summed E-state index contributed by atoms with van der Waals surface area (Å²) in [6.45, 7) is 3.49. The van der Waals surface area contributed by atoms with E-state index in [0.717, 1.165) is 12.0 Å². The topological polar surface area (TPSA) is 94.8 Å². The van der Waals surface area contributed by atoms with Crippen LogP contribution in [0.3, 0.4) is 0 Å². The number of hydrogen-bond donors (Lipinski definition) is 3. The predicted molar refractivity (Wildman–Crippen MR) is 133 cm³/mol. The Balaban J connectivity index is 1.60. The second-order valence-electron chi connectivity index (χ2n) is 9.69. The molecule has 0 radical (unpaired) electrons. The highest BCUT2D eigenvalue weighted by atomic mass is 16.4. The smallest absolute Gasteiger partial charge is 0.303 e. The maximum Gasteiger partial charge on any atom is 0.303 e. The standard InChI is InChI=1S/C29H34O5/c1-29(2)27(33)24(11-5-3-4-6-12-26(31)32)25(28(29)34)18-17-23(30)16-14-20-13-15-21-9-7-8-10-22(21)19-20/h7-10,13,15,17-19,23-25,28,30,34H,4,6,11-12,14,16H2,1-2H3,(H,31,32)/b18-17+/t23?,24-,25-,28+/m1/s1. The molecule has 180 valence electrons. The molecule has 0 spiro atoms. The molecule has 2 aromatic carbocycles. The molecule has 0 aliphatic heterocycles. The Labute approximate surface area is 201 Å². The number of aliphatic hydroxyl groups excluding tert-OH is 2. The lowest BCUT2D eigenvalue weighted by Gasteiger charge is -2.22. The minimum Gasteiger partial charge on any atom is -0.481 e. The van der Waals surface area contributed by atoms with Gasteiger partial charge in [0.05, 0.1) is 17.6 Å².